The quantitative estimate of drug-likeness (QED) is 0.230. The van der Waals surface area contributed by atoms with Crippen molar-refractivity contribution in [2.24, 2.45) is 0 Å². The molecule has 0 saturated carbocycles. The number of aromatic nitrogens is 2. The molecule has 6 rings (SSSR count). The number of thioether (sulfide) groups is 1. The number of halogens is 2. The molecule has 1 aliphatic heterocycles. The van der Waals surface area contributed by atoms with Gasteiger partial charge in [-0.25, -0.2) is 13.5 Å². The van der Waals surface area contributed by atoms with Gasteiger partial charge >= 0.3 is 0 Å². The summed E-state index contributed by atoms with van der Waals surface area (Å²) in [7, 11) is 0. The highest BCUT2D eigenvalue weighted by Gasteiger charge is 2.37. The maximum absolute atomic E-state index is 14.5. The van der Waals surface area contributed by atoms with E-state index in [4.69, 9.17) is 5.10 Å². The van der Waals surface area contributed by atoms with Gasteiger partial charge in [-0.15, -0.1) is 11.8 Å². The maximum Gasteiger partial charge on any atom is 0.240 e. The molecule has 5 aromatic rings. The molecule has 1 atom stereocenters. The molecule has 1 aliphatic rings. The summed E-state index contributed by atoms with van der Waals surface area (Å²) in [6.45, 7) is 1.90. The minimum absolute atomic E-state index is 0.0726. The summed E-state index contributed by atoms with van der Waals surface area (Å²) in [4.78, 5) is 28.6. The van der Waals surface area contributed by atoms with Crippen LogP contribution in [-0.2, 0) is 16.1 Å². The first-order valence-electron chi connectivity index (χ1n) is 13.8. The molecule has 0 spiro atoms. The zero-order valence-electron chi connectivity index (χ0n) is 23.3. The van der Waals surface area contributed by atoms with E-state index < -0.39 is 5.25 Å². The summed E-state index contributed by atoms with van der Waals surface area (Å²) >= 11 is 1.38. The van der Waals surface area contributed by atoms with Gasteiger partial charge in [-0.05, 0) is 60.0 Å². The first kappa shape index (κ1) is 28.4. The summed E-state index contributed by atoms with van der Waals surface area (Å²) in [5.74, 6) is -0.845. The molecule has 216 valence electrons. The number of carbonyl (C=O) groups excluding carboxylic acids is 2. The predicted octanol–water partition coefficient (Wildman–Crippen LogP) is 6.61. The van der Waals surface area contributed by atoms with Gasteiger partial charge in [-0.1, -0.05) is 66.7 Å². The Morgan fingerprint density at radius 3 is 2.44 bits per heavy atom. The van der Waals surface area contributed by atoms with E-state index in [1.807, 2.05) is 67.6 Å². The minimum atomic E-state index is -0.435. The van der Waals surface area contributed by atoms with Crippen LogP contribution in [0.1, 0.15) is 27.5 Å². The molecular weight excluding hydrogens is 566 g/mol. The molecule has 0 fully saturated rings. The Morgan fingerprint density at radius 2 is 1.70 bits per heavy atom. The number of fused-ring (bicyclic) bond motifs is 1. The van der Waals surface area contributed by atoms with Crippen molar-refractivity contribution in [3.63, 3.8) is 0 Å². The normalized spacial score (nSPS) is 14.7. The minimum Gasteiger partial charge on any atom is -0.350 e. The van der Waals surface area contributed by atoms with Crippen molar-refractivity contribution in [2.75, 3.05) is 17.2 Å². The summed E-state index contributed by atoms with van der Waals surface area (Å²) < 4.78 is 29.6. The number of nitrogens with zero attached hydrogens (tertiary/aromatic N) is 3. The largest absolute Gasteiger partial charge is 0.350 e. The second-order valence-electron chi connectivity index (χ2n) is 10.3. The van der Waals surface area contributed by atoms with E-state index in [2.05, 4.69) is 5.32 Å². The van der Waals surface area contributed by atoms with Gasteiger partial charge in [-0.3, -0.25) is 14.5 Å². The van der Waals surface area contributed by atoms with E-state index in [1.54, 1.807) is 22.9 Å². The number of aryl methyl sites for hydroxylation is 1. The lowest BCUT2D eigenvalue weighted by atomic mass is 9.99. The number of rotatable bonds is 7. The summed E-state index contributed by atoms with van der Waals surface area (Å²) in [6, 6.07) is 29.7. The summed E-state index contributed by atoms with van der Waals surface area (Å²) in [5, 5.41) is 7.47. The fraction of sp³-hybridized carbons (Fsp3) is 0.147. The van der Waals surface area contributed by atoms with Crippen molar-refractivity contribution in [1.29, 1.82) is 0 Å². The van der Waals surface area contributed by atoms with Gasteiger partial charge in [0.1, 0.15) is 24.0 Å². The second-order valence-corrected chi connectivity index (χ2v) is 11.4. The zero-order valence-corrected chi connectivity index (χ0v) is 24.2. The van der Waals surface area contributed by atoms with Crippen molar-refractivity contribution < 1.29 is 18.4 Å². The Morgan fingerprint density at radius 1 is 0.930 bits per heavy atom. The molecular formula is C34H28F2N4O2S. The molecule has 2 heterocycles. The smallest absolute Gasteiger partial charge is 0.240 e. The van der Waals surface area contributed by atoms with Crippen LogP contribution in [0.15, 0.2) is 103 Å². The van der Waals surface area contributed by atoms with Crippen molar-refractivity contribution in [3.8, 4) is 16.9 Å². The van der Waals surface area contributed by atoms with Gasteiger partial charge in [0.15, 0.2) is 0 Å². The van der Waals surface area contributed by atoms with Crippen LogP contribution >= 0.6 is 11.8 Å². The molecule has 2 amide bonds. The summed E-state index contributed by atoms with van der Waals surface area (Å²) in [5.41, 5.74) is 5.36. The average molecular weight is 595 g/mol. The number of hydrogen-bond donors (Lipinski definition) is 1. The second kappa shape index (κ2) is 12.2. The highest BCUT2D eigenvalue weighted by atomic mass is 32.2. The third-order valence-electron chi connectivity index (χ3n) is 7.24. The molecule has 0 unspecified atom stereocenters. The van der Waals surface area contributed by atoms with Crippen molar-refractivity contribution >= 4 is 29.4 Å². The molecule has 4 aromatic carbocycles. The van der Waals surface area contributed by atoms with Gasteiger partial charge in [0.2, 0.25) is 11.8 Å². The van der Waals surface area contributed by atoms with Gasteiger partial charge < -0.3 is 5.32 Å². The van der Waals surface area contributed by atoms with Gasteiger partial charge in [-0.2, -0.15) is 5.10 Å². The van der Waals surface area contributed by atoms with Crippen molar-refractivity contribution in [3.05, 3.63) is 137 Å². The van der Waals surface area contributed by atoms with Crippen LogP contribution in [0.4, 0.5) is 14.6 Å². The van der Waals surface area contributed by atoms with E-state index in [-0.39, 0.29) is 42.3 Å². The van der Waals surface area contributed by atoms with Crippen LogP contribution in [0.3, 0.4) is 0 Å². The highest BCUT2D eigenvalue weighted by Crippen LogP contribution is 2.48. The fourth-order valence-corrected chi connectivity index (χ4v) is 6.39. The van der Waals surface area contributed by atoms with Gasteiger partial charge in [0.25, 0.3) is 0 Å². The van der Waals surface area contributed by atoms with Crippen LogP contribution in [0.5, 0.6) is 0 Å². The lowest BCUT2D eigenvalue weighted by Crippen LogP contribution is -2.42. The Bertz CT molecular complexity index is 1790. The lowest BCUT2D eigenvalue weighted by molar-refractivity contribution is -0.123. The van der Waals surface area contributed by atoms with Crippen LogP contribution in [0.2, 0.25) is 0 Å². The Hall–Kier alpha value is -4.76. The monoisotopic (exact) mass is 594 g/mol. The van der Waals surface area contributed by atoms with Crippen molar-refractivity contribution in [1.82, 2.24) is 15.1 Å². The molecule has 0 saturated heterocycles. The van der Waals surface area contributed by atoms with E-state index in [0.29, 0.717) is 17.1 Å². The molecule has 43 heavy (non-hydrogen) atoms. The molecule has 0 aliphatic carbocycles. The topological polar surface area (TPSA) is 67.2 Å². The van der Waals surface area contributed by atoms with E-state index in [0.717, 1.165) is 27.9 Å². The number of amides is 2. The van der Waals surface area contributed by atoms with Crippen molar-refractivity contribution in [2.45, 2.75) is 18.7 Å². The molecule has 1 N–H and O–H groups in total. The Balaban J connectivity index is 1.50. The number of anilines is 1. The summed E-state index contributed by atoms with van der Waals surface area (Å²) in [6.07, 6.45) is 0. The van der Waals surface area contributed by atoms with Crippen LogP contribution in [-0.4, -0.2) is 33.9 Å². The number of benzene rings is 4. The molecule has 9 heteroatoms. The highest BCUT2D eigenvalue weighted by molar-refractivity contribution is 8.00. The number of carbonyl (C=O) groups is 2. The SMILES string of the molecule is Cc1cccc(-n2nc(-c3ccccc3)c3c2N(CC(=O)NCc2ccc(F)cc2)C(=O)CS[C@@H]3c2cccc(F)c2)c1. The first-order valence-corrected chi connectivity index (χ1v) is 14.9. The number of nitrogens with one attached hydrogen (secondary N) is 1. The van der Waals surface area contributed by atoms with E-state index in [1.165, 1.54) is 40.9 Å². The molecule has 0 radical (unpaired) electrons. The molecule has 6 nitrogen and oxygen atoms in total. The average Bonchev–Trinajstić information content (AvgIpc) is 3.34. The van der Waals surface area contributed by atoms with Crippen LogP contribution < -0.4 is 10.2 Å². The fourth-order valence-electron chi connectivity index (χ4n) is 5.20. The third kappa shape index (κ3) is 6.08. The maximum atomic E-state index is 14.5. The number of hydrogen-bond acceptors (Lipinski definition) is 4. The van der Waals surface area contributed by atoms with E-state index in [9.17, 15) is 18.4 Å². The van der Waals surface area contributed by atoms with Gasteiger partial charge in [0.05, 0.1) is 22.4 Å². The van der Waals surface area contributed by atoms with Crippen LogP contribution in [0, 0.1) is 18.6 Å². The molecule has 0 bridgehead atoms. The standard InChI is InChI=1S/C34H28F2N4O2S/c1-22-7-5-12-28(17-22)40-34-31(32(38-40)24-8-3-2-4-9-24)33(25-10-6-11-27(36)18-25)43-21-30(42)39(34)20-29(41)37-19-23-13-15-26(35)16-14-23/h2-18,33H,19-21H2,1H3,(H,37,41)/t33-/m1/s1. The van der Waals surface area contributed by atoms with Crippen LogP contribution in [0.25, 0.3) is 16.9 Å². The van der Waals surface area contributed by atoms with E-state index >= 15 is 0 Å². The Kier molecular flexibility index (Phi) is 8.07. The molecule has 1 aromatic heterocycles. The predicted molar refractivity (Wildman–Crippen MR) is 165 cm³/mol. The lowest BCUT2D eigenvalue weighted by Gasteiger charge is -2.23. The van der Waals surface area contributed by atoms with Gasteiger partial charge in [0, 0.05) is 17.7 Å². The Labute approximate surface area is 252 Å². The zero-order chi connectivity index (χ0) is 29.9. The first-order chi connectivity index (χ1) is 20.9. The third-order valence-corrected chi connectivity index (χ3v) is 8.49.